The molecule has 0 saturated heterocycles. The molecule has 0 radical (unpaired) electrons. The van der Waals surface area contributed by atoms with Crippen LogP contribution in [0.4, 0.5) is 13.6 Å². The van der Waals surface area contributed by atoms with Gasteiger partial charge in [-0.05, 0) is 69.7 Å². The first kappa shape index (κ1) is 27.3. The maximum Gasteiger partial charge on any atom is 0.405 e. The van der Waals surface area contributed by atoms with Gasteiger partial charge in [0.1, 0.15) is 17.0 Å². The number of pyridine rings is 2. The Hall–Kier alpha value is -2.77. The number of ether oxygens (including phenoxy) is 2. The molecular formula is C24H35F2N3O3. The molecule has 8 heteroatoms. The number of carbonyl (C=O) groups excluding carboxylic acids is 1. The number of rotatable bonds is 7. The number of hydrogen-bond acceptors (Lipinski definition) is 5. The van der Waals surface area contributed by atoms with Gasteiger partial charge >= 0.3 is 6.09 Å². The molecule has 0 bridgehead atoms. The fourth-order valence-corrected chi connectivity index (χ4v) is 2.99. The molecular weight excluding hydrogens is 416 g/mol. The number of alkyl halides is 2. The second-order valence-electron chi connectivity index (χ2n) is 9.18. The van der Waals surface area contributed by atoms with E-state index in [0.717, 1.165) is 17.7 Å². The van der Waals surface area contributed by atoms with Crippen LogP contribution < -0.4 is 10.5 Å². The highest BCUT2D eigenvalue weighted by Gasteiger charge is 2.13. The second-order valence-corrected chi connectivity index (χ2v) is 9.18. The van der Waals surface area contributed by atoms with Crippen LogP contribution in [0.5, 0.6) is 5.75 Å². The van der Waals surface area contributed by atoms with Crippen molar-refractivity contribution in [1.82, 2.24) is 9.97 Å². The van der Waals surface area contributed by atoms with Crippen molar-refractivity contribution < 1.29 is 23.0 Å². The van der Waals surface area contributed by atoms with Gasteiger partial charge < -0.3 is 15.2 Å². The van der Waals surface area contributed by atoms with Crippen LogP contribution in [0, 0.1) is 18.8 Å². The molecule has 2 aromatic heterocycles. The average molecular weight is 452 g/mol. The van der Waals surface area contributed by atoms with Crippen molar-refractivity contribution in [2.45, 2.75) is 66.9 Å². The van der Waals surface area contributed by atoms with Crippen molar-refractivity contribution in [1.29, 1.82) is 0 Å². The Kier molecular flexibility index (Phi) is 10.5. The number of primary amides is 1. The Morgan fingerprint density at radius 3 is 2.28 bits per heavy atom. The maximum atomic E-state index is 12.8. The molecule has 2 N–H and O–H groups in total. The van der Waals surface area contributed by atoms with E-state index in [1.54, 1.807) is 33.0 Å². The first-order valence-electron chi connectivity index (χ1n) is 10.6. The van der Waals surface area contributed by atoms with Crippen LogP contribution in [0.1, 0.15) is 65.6 Å². The molecule has 1 atom stereocenters. The van der Waals surface area contributed by atoms with Crippen LogP contribution in [-0.4, -0.2) is 28.3 Å². The monoisotopic (exact) mass is 451 g/mol. The minimum absolute atomic E-state index is 0.241. The van der Waals surface area contributed by atoms with Gasteiger partial charge in [0.2, 0.25) is 0 Å². The van der Waals surface area contributed by atoms with E-state index in [1.807, 2.05) is 13.0 Å². The number of aromatic nitrogens is 2. The standard InChI is InChI=1S/C19H24F2N2O.C5H11NO2/c1-12(2)7-13(3)11-24-18-10-23-16(8-14(18)4)15-5-6-22-17(9-15)19(20)21;1-5(2,3)8-4(6)7/h5-6,8-10,12-13,19H,7,11H2,1-4H3;1-3H3,(H2,6,7). The highest BCUT2D eigenvalue weighted by molar-refractivity contribution is 5.65. The Morgan fingerprint density at radius 1 is 1.16 bits per heavy atom. The van der Waals surface area contributed by atoms with Crippen molar-refractivity contribution in [2.75, 3.05) is 6.61 Å². The number of hydrogen-bond donors (Lipinski definition) is 1. The van der Waals surface area contributed by atoms with Crippen LogP contribution in [0.25, 0.3) is 11.3 Å². The van der Waals surface area contributed by atoms with E-state index in [4.69, 9.17) is 10.5 Å². The van der Waals surface area contributed by atoms with Gasteiger partial charge in [-0.15, -0.1) is 0 Å². The van der Waals surface area contributed by atoms with Crippen molar-refractivity contribution in [3.8, 4) is 17.0 Å². The normalized spacial score (nSPS) is 12.2. The molecule has 178 valence electrons. The lowest BCUT2D eigenvalue weighted by atomic mass is 10.00. The van der Waals surface area contributed by atoms with Crippen LogP contribution in [0.2, 0.25) is 0 Å². The predicted octanol–water partition coefficient (Wildman–Crippen LogP) is 6.33. The molecule has 32 heavy (non-hydrogen) atoms. The molecule has 2 aromatic rings. The Labute approximate surface area is 189 Å². The molecule has 0 fully saturated rings. The van der Waals surface area contributed by atoms with Gasteiger partial charge in [0.15, 0.2) is 0 Å². The van der Waals surface area contributed by atoms with Crippen LogP contribution in [0.3, 0.4) is 0 Å². The van der Waals surface area contributed by atoms with Crippen molar-refractivity contribution in [2.24, 2.45) is 17.6 Å². The fourth-order valence-electron chi connectivity index (χ4n) is 2.99. The van der Waals surface area contributed by atoms with Crippen LogP contribution >= 0.6 is 0 Å². The Bertz CT molecular complexity index is 868. The summed E-state index contributed by atoms with van der Waals surface area (Å²) in [6.07, 6.45) is 0.840. The summed E-state index contributed by atoms with van der Waals surface area (Å²) in [5.74, 6) is 1.84. The molecule has 2 heterocycles. The molecule has 6 nitrogen and oxygen atoms in total. The lowest BCUT2D eigenvalue weighted by Crippen LogP contribution is -2.27. The molecule has 1 amide bonds. The minimum Gasteiger partial charge on any atom is -0.491 e. The summed E-state index contributed by atoms with van der Waals surface area (Å²) in [4.78, 5) is 18.0. The number of nitrogens with zero attached hydrogens (tertiary/aromatic N) is 2. The molecule has 0 saturated carbocycles. The number of amides is 1. The van der Waals surface area contributed by atoms with Gasteiger partial charge in [-0.1, -0.05) is 20.8 Å². The first-order valence-corrected chi connectivity index (χ1v) is 10.6. The summed E-state index contributed by atoms with van der Waals surface area (Å²) in [6.45, 7) is 14.4. The van der Waals surface area contributed by atoms with Crippen molar-refractivity contribution in [3.63, 3.8) is 0 Å². The summed E-state index contributed by atoms with van der Waals surface area (Å²) in [7, 11) is 0. The number of aryl methyl sites for hydroxylation is 1. The molecule has 0 aliphatic carbocycles. The summed E-state index contributed by atoms with van der Waals surface area (Å²) in [5.41, 5.74) is 6.23. The maximum absolute atomic E-state index is 12.8. The SMILES string of the molecule is CC(C)(C)OC(N)=O.Cc1cc(-c2ccnc(C(F)F)c2)ncc1OCC(C)CC(C)C. The van der Waals surface area contributed by atoms with E-state index < -0.39 is 18.1 Å². The highest BCUT2D eigenvalue weighted by atomic mass is 19.3. The number of carbonyl (C=O) groups is 1. The highest BCUT2D eigenvalue weighted by Crippen LogP contribution is 2.26. The number of nitrogens with two attached hydrogens (primary N) is 1. The van der Waals surface area contributed by atoms with Gasteiger partial charge in [-0.25, -0.2) is 13.6 Å². The molecule has 0 aliphatic rings. The van der Waals surface area contributed by atoms with Gasteiger partial charge in [0.25, 0.3) is 6.43 Å². The zero-order chi connectivity index (χ0) is 24.5. The van der Waals surface area contributed by atoms with Crippen molar-refractivity contribution in [3.05, 3.63) is 41.9 Å². The minimum atomic E-state index is -2.59. The summed E-state index contributed by atoms with van der Waals surface area (Å²) >= 11 is 0. The van der Waals surface area contributed by atoms with E-state index in [-0.39, 0.29) is 5.69 Å². The van der Waals surface area contributed by atoms with Gasteiger partial charge in [0, 0.05) is 11.8 Å². The largest absolute Gasteiger partial charge is 0.491 e. The topological polar surface area (TPSA) is 87.3 Å². The first-order chi connectivity index (χ1) is 14.8. The van der Waals surface area contributed by atoms with Crippen molar-refractivity contribution >= 4 is 6.09 Å². The molecule has 2 rings (SSSR count). The van der Waals surface area contributed by atoms with Gasteiger partial charge in [-0.2, -0.15) is 0 Å². The quantitative estimate of drug-likeness (QED) is 0.531. The zero-order valence-corrected chi connectivity index (χ0v) is 20.0. The zero-order valence-electron chi connectivity index (χ0n) is 20.0. The molecule has 0 aromatic carbocycles. The predicted molar refractivity (Wildman–Crippen MR) is 122 cm³/mol. The number of halogens is 2. The van der Waals surface area contributed by atoms with Gasteiger partial charge in [-0.3, -0.25) is 9.97 Å². The van der Waals surface area contributed by atoms with E-state index in [2.05, 4.69) is 35.5 Å². The third-order valence-electron chi connectivity index (χ3n) is 4.17. The van der Waals surface area contributed by atoms with E-state index in [0.29, 0.717) is 29.7 Å². The third-order valence-corrected chi connectivity index (χ3v) is 4.17. The average Bonchev–Trinajstić information content (AvgIpc) is 2.65. The lowest BCUT2D eigenvalue weighted by Gasteiger charge is -2.16. The van der Waals surface area contributed by atoms with Crippen LogP contribution in [0.15, 0.2) is 30.6 Å². The Morgan fingerprint density at radius 2 is 1.81 bits per heavy atom. The van der Waals surface area contributed by atoms with Gasteiger partial charge in [0.05, 0.1) is 18.5 Å². The van der Waals surface area contributed by atoms with E-state index in [9.17, 15) is 13.6 Å². The lowest BCUT2D eigenvalue weighted by molar-refractivity contribution is 0.0600. The van der Waals surface area contributed by atoms with Crippen LogP contribution in [-0.2, 0) is 4.74 Å². The fraction of sp³-hybridized carbons (Fsp3) is 0.542. The third kappa shape index (κ3) is 10.5. The van der Waals surface area contributed by atoms with E-state index >= 15 is 0 Å². The molecule has 0 spiro atoms. The molecule has 1 unspecified atom stereocenters. The smallest absolute Gasteiger partial charge is 0.405 e. The summed E-state index contributed by atoms with van der Waals surface area (Å²) < 4.78 is 36.0. The summed E-state index contributed by atoms with van der Waals surface area (Å²) in [6, 6.07) is 4.91. The Balaban J connectivity index is 0.000000547. The van der Waals surface area contributed by atoms with E-state index in [1.165, 1.54) is 12.3 Å². The molecule has 0 aliphatic heterocycles. The summed E-state index contributed by atoms with van der Waals surface area (Å²) in [5, 5.41) is 0. The second kappa shape index (κ2) is 12.3.